The van der Waals surface area contributed by atoms with E-state index in [2.05, 4.69) is 55.7 Å². The first-order valence-corrected chi connectivity index (χ1v) is 11.8. The van der Waals surface area contributed by atoms with Crippen molar-refractivity contribution in [2.45, 2.75) is 26.8 Å². The maximum Gasteiger partial charge on any atom is 0.322 e. The number of furan rings is 1. The Morgan fingerprint density at radius 1 is 1.00 bits per heavy atom. The number of benzene rings is 2. The fraction of sp³-hybridized carbons (Fsp3) is 0.179. The largest absolute Gasteiger partial charge is 0.480 e. The van der Waals surface area contributed by atoms with Gasteiger partial charge in [-0.1, -0.05) is 18.2 Å². The number of carbonyl (C=O) groups is 1. The molecule has 37 heavy (non-hydrogen) atoms. The first-order valence-electron chi connectivity index (χ1n) is 11.8. The number of fused-ring (bicyclic) bond motifs is 1. The van der Waals surface area contributed by atoms with Crippen molar-refractivity contribution in [2.75, 3.05) is 17.2 Å². The third-order valence-electron chi connectivity index (χ3n) is 6.03. The van der Waals surface area contributed by atoms with Crippen LogP contribution in [0.3, 0.4) is 0 Å². The van der Waals surface area contributed by atoms with Crippen LogP contribution >= 0.6 is 0 Å². The van der Waals surface area contributed by atoms with Crippen LogP contribution in [-0.4, -0.2) is 37.6 Å². The number of aliphatic carboxylic acids is 1. The lowest BCUT2D eigenvalue weighted by Gasteiger charge is -2.17. The normalized spacial score (nSPS) is 11.9. The molecular formula is C28H26N6O3. The molecule has 0 amide bonds. The molecule has 1 atom stereocenters. The summed E-state index contributed by atoms with van der Waals surface area (Å²) in [5.41, 5.74) is 6.65. The third-order valence-corrected chi connectivity index (χ3v) is 6.03. The Labute approximate surface area is 213 Å². The van der Waals surface area contributed by atoms with Gasteiger partial charge >= 0.3 is 5.97 Å². The number of hydrogen-bond acceptors (Lipinski definition) is 8. The van der Waals surface area contributed by atoms with Crippen molar-refractivity contribution < 1.29 is 14.3 Å². The molecular weight excluding hydrogens is 468 g/mol. The van der Waals surface area contributed by atoms with Gasteiger partial charge in [-0.25, -0.2) is 19.9 Å². The van der Waals surface area contributed by atoms with Gasteiger partial charge in [0.25, 0.3) is 0 Å². The minimum atomic E-state index is -0.970. The van der Waals surface area contributed by atoms with Crippen LogP contribution in [-0.2, 0) is 4.79 Å². The molecule has 0 aliphatic heterocycles. The van der Waals surface area contributed by atoms with Crippen molar-refractivity contribution in [3.63, 3.8) is 0 Å². The van der Waals surface area contributed by atoms with Crippen LogP contribution in [0.1, 0.15) is 29.9 Å². The molecule has 0 saturated heterocycles. The van der Waals surface area contributed by atoms with Crippen molar-refractivity contribution in [3.8, 4) is 22.4 Å². The molecule has 0 spiro atoms. The fourth-order valence-electron chi connectivity index (χ4n) is 4.12. The van der Waals surface area contributed by atoms with Crippen molar-refractivity contribution in [1.29, 1.82) is 0 Å². The molecule has 0 aliphatic rings. The molecule has 5 rings (SSSR count). The van der Waals surface area contributed by atoms with E-state index in [0.29, 0.717) is 5.82 Å². The SMILES string of the molecule is Cc1nc(N[C@@H](C)c2cccc(-c3cnc(NCC(=O)O)nc3)c2)cc(-c2ccc3occ(C)c3c2)n1. The highest BCUT2D eigenvalue weighted by molar-refractivity contribution is 5.85. The van der Waals surface area contributed by atoms with Crippen LogP contribution in [0.15, 0.2) is 71.6 Å². The minimum Gasteiger partial charge on any atom is -0.480 e. The number of nitrogens with one attached hydrogen (secondary N) is 2. The van der Waals surface area contributed by atoms with Gasteiger partial charge in [-0.05, 0) is 61.7 Å². The summed E-state index contributed by atoms with van der Waals surface area (Å²) in [6.45, 7) is 5.75. The van der Waals surface area contributed by atoms with E-state index in [4.69, 9.17) is 9.52 Å². The van der Waals surface area contributed by atoms with E-state index in [1.165, 1.54) is 0 Å². The first-order chi connectivity index (χ1) is 17.9. The summed E-state index contributed by atoms with van der Waals surface area (Å²) in [5.74, 6) is 0.719. The molecule has 0 unspecified atom stereocenters. The molecule has 9 heteroatoms. The van der Waals surface area contributed by atoms with Gasteiger partial charge in [-0.3, -0.25) is 4.79 Å². The molecule has 3 N–H and O–H groups in total. The van der Waals surface area contributed by atoms with E-state index >= 15 is 0 Å². The van der Waals surface area contributed by atoms with Gasteiger partial charge in [0.05, 0.1) is 12.0 Å². The highest BCUT2D eigenvalue weighted by Crippen LogP contribution is 2.29. The average Bonchev–Trinajstić information content (AvgIpc) is 3.27. The van der Waals surface area contributed by atoms with Gasteiger partial charge in [0, 0.05) is 41.0 Å². The predicted octanol–water partition coefficient (Wildman–Crippen LogP) is 5.63. The van der Waals surface area contributed by atoms with Crippen molar-refractivity contribution in [1.82, 2.24) is 19.9 Å². The number of anilines is 2. The summed E-state index contributed by atoms with van der Waals surface area (Å²) in [4.78, 5) is 28.4. The summed E-state index contributed by atoms with van der Waals surface area (Å²) < 4.78 is 5.58. The Balaban J connectivity index is 1.35. The lowest BCUT2D eigenvalue weighted by atomic mass is 10.0. The zero-order chi connectivity index (χ0) is 25.9. The monoisotopic (exact) mass is 494 g/mol. The lowest BCUT2D eigenvalue weighted by Crippen LogP contribution is -2.14. The summed E-state index contributed by atoms with van der Waals surface area (Å²) in [5, 5.41) is 16.0. The van der Waals surface area contributed by atoms with Gasteiger partial charge in [-0.15, -0.1) is 0 Å². The molecule has 0 saturated carbocycles. The number of aryl methyl sites for hydroxylation is 2. The number of carboxylic acid groups (broad SMARTS) is 1. The number of carboxylic acids is 1. The van der Waals surface area contributed by atoms with E-state index in [9.17, 15) is 4.79 Å². The molecule has 3 aromatic heterocycles. The molecule has 0 aliphatic carbocycles. The van der Waals surface area contributed by atoms with Crippen LogP contribution in [0.5, 0.6) is 0 Å². The second kappa shape index (κ2) is 10.1. The number of aromatic nitrogens is 4. The average molecular weight is 495 g/mol. The van der Waals surface area contributed by atoms with Gasteiger partial charge in [0.15, 0.2) is 0 Å². The second-order valence-corrected chi connectivity index (χ2v) is 8.85. The molecule has 0 bridgehead atoms. The lowest BCUT2D eigenvalue weighted by molar-refractivity contribution is -0.134. The van der Waals surface area contributed by atoms with Crippen LogP contribution < -0.4 is 10.6 Å². The highest BCUT2D eigenvalue weighted by Gasteiger charge is 2.12. The van der Waals surface area contributed by atoms with Gasteiger partial charge in [0.2, 0.25) is 5.95 Å². The quantitative estimate of drug-likeness (QED) is 0.251. The van der Waals surface area contributed by atoms with Crippen molar-refractivity contribution in [3.05, 3.63) is 84.1 Å². The Morgan fingerprint density at radius 3 is 2.59 bits per heavy atom. The predicted molar refractivity (Wildman–Crippen MR) is 142 cm³/mol. The summed E-state index contributed by atoms with van der Waals surface area (Å²) in [7, 11) is 0. The highest BCUT2D eigenvalue weighted by atomic mass is 16.4. The first kappa shape index (κ1) is 23.9. The molecule has 5 aromatic rings. The number of rotatable bonds is 8. The topological polar surface area (TPSA) is 126 Å². The standard InChI is InChI=1S/C28H26N6O3/c1-16-15-37-25-8-7-21(10-23(16)25)24-11-26(34-18(3)33-24)32-17(2)19-5-4-6-20(9-19)22-12-29-28(30-13-22)31-14-27(35)36/h4-13,15,17H,14H2,1-3H3,(H,35,36)(H,29,30,31)(H,32,33,34)/t17-/m0/s1. The second-order valence-electron chi connectivity index (χ2n) is 8.85. The van der Waals surface area contributed by atoms with Gasteiger partial charge in [0.1, 0.15) is 23.8 Å². The van der Waals surface area contributed by atoms with Crippen molar-refractivity contribution >= 4 is 28.7 Å². The zero-order valence-corrected chi connectivity index (χ0v) is 20.7. The third kappa shape index (κ3) is 5.40. The van der Waals surface area contributed by atoms with Gasteiger partial charge in [-0.2, -0.15) is 0 Å². The smallest absolute Gasteiger partial charge is 0.322 e. The van der Waals surface area contributed by atoms with Gasteiger partial charge < -0.3 is 20.2 Å². The molecule has 0 fully saturated rings. The number of hydrogen-bond donors (Lipinski definition) is 3. The summed E-state index contributed by atoms with van der Waals surface area (Å²) in [6.07, 6.45) is 5.11. The molecule has 3 heterocycles. The Hall–Kier alpha value is -4.79. The van der Waals surface area contributed by atoms with Crippen LogP contribution in [0.4, 0.5) is 11.8 Å². The van der Waals surface area contributed by atoms with E-state index in [0.717, 1.165) is 50.3 Å². The number of nitrogens with zero attached hydrogens (tertiary/aromatic N) is 4. The molecule has 186 valence electrons. The minimum absolute atomic E-state index is 0.0295. The molecule has 9 nitrogen and oxygen atoms in total. The fourth-order valence-corrected chi connectivity index (χ4v) is 4.12. The Bertz CT molecular complexity index is 1580. The maximum atomic E-state index is 10.7. The Morgan fingerprint density at radius 2 is 1.81 bits per heavy atom. The van der Waals surface area contributed by atoms with E-state index in [1.54, 1.807) is 18.7 Å². The molecule has 2 aromatic carbocycles. The van der Waals surface area contributed by atoms with Crippen LogP contribution in [0, 0.1) is 13.8 Å². The van der Waals surface area contributed by atoms with Crippen molar-refractivity contribution in [2.24, 2.45) is 0 Å². The van der Waals surface area contributed by atoms with Crippen LogP contribution in [0.2, 0.25) is 0 Å². The van der Waals surface area contributed by atoms with E-state index in [-0.39, 0.29) is 18.5 Å². The zero-order valence-electron chi connectivity index (χ0n) is 20.7. The molecule has 0 radical (unpaired) electrons. The maximum absolute atomic E-state index is 10.7. The Kier molecular flexibility index (Phi) is 6.51. The van der Waals surface area contributed by atoms with E-state index in [1.807, 2.05) is 44.2 Å². The van der Waals surface area contributed by atoms with Crippen LogP contribution in [0.25, 0.3) is 33.4 Å². The van der Waals surface area contributed by atoms with E-state index < -0.39 is 5.97 Å². The summed E-state index contributed by atoms with van der Waals surface area (Å²) in [6, 6.07) is 16.1. The summed E-state index contributed by atoms with van der Waals surface area (Å²) >= 11 is 0.